The number of methoxy groups -OCH3 is 1. The molecule has 0 aliphatic carbocycles. The van der Waals surface area contributed by atoms with Crippen LogP contribution in [0.1, 0.15) is 11.7 Å². The first kappa shape index (κ1) is 13.2. The molecular weight excluding hydrogens is 248 g/mol. The van der Waals surface area contributed by atoms with E-state index in [1.165, 1.54) is 0 Å². The summed E-state index contributed by atoms with van der Waals surface area (Å²) in [6, 6.07) is 7.83. The molecule has 1 N–H and O–H groups in total. The van der Waals surface area contributed by atoms with Crippen LogP contribution in [-0.4, -0.2) is 43.0 Å². The van der Waals surface area contributed by atoms with Crippen molar-refractivity contribution >= 4 is 17.7 Å². The van der Waals surface area contributed by atoms with Gasteiger partial charge in [-0.1, -0.05) is 18.2 Å². The van der Waals surface area contributed by atoms with E-state index in [2.05, 4.69) is 5.32 Å². The van der Waals surface area contributed by atoms with Crippen LogP contribution in [0.15, 0.2) is 24.3 Å². The predicted molar refractivity (Wildman–Crippen MR) is 73.8 cm³/mol. The number of benzene rings is 1. The molecule has 1 aliphatic heterocycles. The van der Waals surface area contributed by atoms with Gasteiger partial charge < -0.3 is 9.64 Å². The lowest BCUT2D eigenvalue weighted by Crippen LogP contribution is -2.32. The first-order chi connectivity index (χ1) is 8.77. The SMILES string of the molecule is COc1ccccc1C1NCC(=O)N1CCSC. The number of amides is 1. The van der Waals surface area contributed by atoms with Crippen molar-refractivity contribution in [1.82, 2.24) is 10.2 Å². The molecule has 1 aliphatic rings. The number of rotatable bonds is 5. The minimum atomic E-state index is -0.0687. The summed E-state index contributed by atoms with van der Waals surface area (Å²) < 4.78 is 5.36. The van der Waals surface area contributed by atoms with Gasteiger partial charge in [-0.05, 0) is 12.3 Å². The van der Waals surface area contributed by atoms with Crippen LogP contribution >= 0.6 is 11.8 Å². The highest BCUT2D eigenvalue weighted by Gasteiger charge is 2.32. The average Bonchev–Trinajstić information content (AvgIpc) is 2.77. The standard InChI is InChI=1S/C13H18N2O2S/c1-17-11-6-4-3-5-10(11)13-14-9-12(16)15(13)7-8-18-2/h3-6,13-14H,7-9H2,1-2H3. The van der Waals surface area contributed by atoms with E-state index in [4.69, 9.17) is 4.74 Å². The highest BCUT2D eigenvalue weighted by molar-refractivity contribution is 7.98. The molecule has 0 saturated carbocycles. The van der Waals surface area contributed by atoms with Crippen molar-refractivity contribution in [3.05, 3.63) is 29.8 Å². The quantitative estimate of drug-likeness (QED) is 0.876. The number of thioether (sulfide) groups is 1. The van der Waals surface area contributed by atoms with E-state index >= 15 is 0 Å². The number of nitrogens with zero attached hydrogens (tertiary/aromatic N) is 1. The van der Waals surface area contributed by atoms with E-state index in [1.807, 2.05) is 35.4 Å². The minimum Gasteiger partial charge on any atom is -0.496 e. The van der Waals surface area contributed by atoms with Gasteiger partial charge in [-0.3, -0.25) is 10.1 Å². The van der Waals surface area contributed by atoms with E-state index < -0.39 is 0 Å². The van der Waals surface area contributed by atoms with E-state index in [1.54, 1.807) is 18.9 Å². The molecule has 4 nitrogen and oxygen atoms in total. The number of nitrogens with one attached hydrogen (secondary N) is 1. The van der Waals surface area contributed by atoms with Crippen LogP contribution in [0.5, 0.6) is 5.75 Å². The summed E-state index contributed by atoms with van der Waals surface area (Å²) in [6.45, 7) is 1.16. The van der Waals surface area contributed by atoms with Crippen LogP contribution in [0.2, 0.25) is 0 Å². The Hall–Kier alpha value is -1.20. The molecule has 1 unspecified atom stereocenters. The van der Waals surface area contributed by atoms with Crippen molar-refractivity contribution in [3.8, 4) is 5.75 Å². The molecule has 98 valence electrons. The van der Waals surface area contributed by atoms with Gasteiger partial charge in [0, 0.05) is 17.9 Å². The van der Waals surface area contributed by atoms with Crippen molar-refractivity contribution in [2.75, 3.05) is 32.2 Å². The summed E-state index contributed by atoms with van der Waals surface area (Å²) in [6.07, 6.45) is 1.98. The predicted octanol–water partition coefficient (Wildman–Crippen LogP) is 1.49. The third kappa shape index (κ3) is 2.62. The van der Waals surface area contributed by atoms with Gasteiger partial charge >= 0.3 is 0 Å². The fourth-order valence-corrected chi connectivity index (χ4v) is 2.53. The van der Waals surface area contributed by atoms with Gasteiger partial charge in [0.1, 0.15) is 11.9 Å². The fraction of sp³-hybridized carbons (Fsp3) is 0.462. The number of para-hydroxylation sites is 1. The van der Waals surface area contributed by atoms with Gasteiger partial charge in [0.15, 0.2) is 0 Å². The van der Waals surface area contributed by atoms with E-state index in [0.29, 0.717) is 6.54 Å². The summed E-state index contributed by atoms with van der Waals surface area (Å²) in [5, 5.41) is 3.24. The zero-order valence-corrected chi connectivity index (χ0v) is 11.5. The summed E-state index contributed by atoms with van der Waals surface area (Å²) in [5.74, 6) is 1.91. The molecule has 5 heteroatoms. The molecule has 1 fully saturated rings. The van der Waals surface area contributed by atoms with Crippen LogP contribution in [0.25, 0.3) is 0 Å². The third-order valence-electron chi connectivity index (χ3n) is 3.05. The summed E-state index contributed by atoms with van der Waals surface area (Å²) in [7, 11) is 1.65. The maximum absolute atomic E-state index is 11.9. The molecule has 0 aromatic heterocycles. The maximum atomic E-state index is 11.9. The number of carbonyl (C=O) groups is 1. The average molecular weight is 266 g/mol. The molecule has 0 bridgehead atoms. The smallest absolute Gasteiger partial charge is 0.238 e. The van der Waals surface area contributed by atoms with Crippen LogP contribution in [0.3, 0.4) is 0 Å². The van der Waals surface area contributed by atoms with Crippen molar-refractivity contribution in [2.24, 2.45) is 0 Å². The molecule has 1 amide bonds. The molecule has 1 heterocycles. The number of hydrogen-bond acceptors (Lipinski definition) is 4. The topological polar surface area (TPSA) is 41.6 Å². The normalized spacial score (nSPS) is 19.3. The fourth-order valence-electron chi connectivity index (χ4n) is 2.15. The Kier molecular flexibility index (Phi) is 4.49. The highest BCUT2D eigenvalue weighted by Crippen LogP contribution is 2.29. The van der Waals surface area contributed by atoms with Gasteiger partial charge in [0.2, 0.25) is 5.91 Å². The first-order valence-electron chi connectivity index (χ1n) is 5.92. The Bertz CT molecular complexity index is 425. The Morgan fingerprint density at radius 3 is 3.00 bits per heavy atom. The lowest BCUT2D eigenvalue weighted by Gasteiger charge is -2.25. The second-order valence-electron chi connectivity index (χ2n) is 4.11. The number of hydrogen-bond donors (Lipinski definition) is 1. The van der Waals surface area contributed by atoms with Crippen LogP contribution in [0, 0.1) is 0 Å². The Morgan fingerprint density at radius 2 is 2.28 bits per heavy atom. The summed E-state index contributed by atoms with van der Waals surface area (Å²) in [5.41, 5.74) is 1.02. The second-order valence-corrected chi connectivity index (χ2v) is 5.09. The van der Waals surface area contributed by atoms with Gasteiger partial charge in [-0.2, -0.15) is 11.8 Å². The van der Waals surface area contributed by atoms with Crippen molar-refractivity contribution in [2.45, 2.75) is 6.17 Å². The van der Waals surface area contributed by atoms with E-state index in [0.717, 1.165) is 23.6 Å². The van der Waals surface area contributed by atoms with Crippen molar-refractivity contribution in [1.29, 1.82) is 0 Å². The zero-order chi connectivity index (χ0) is 13.0. The molecule has 0 radical (unpaired) electrons. The summed E-state index contributed by atoms with van der Waals surface area (Å²) >= 11 is 1.74. The Morgan fingerprint density at radius 1 is 1.50 bits per heavy atom. The molecule has 0 spiro atoms. The first-order valence-corrected chi connectivity index (χ1v) is 7.32. The third-order valence-corrected chi connectivity index (χ3v) is 3.64. The number of ether oxygens (including phenoxy) is 1. The van der Waals surface area contributed by atoms with Crippen LogP contribution in [0.4, 0.5) is 0 Å². The Balaban J connectivity index is 2.22. The van der Waals surface area contributed by atoms with Crippen molar-refractivity contribution in [3.63, 3.8) is 0 Å². The van der Waals surface area contributed by atoms with E-state index in [-0.39, 0.29) is 12.1 Å². The number of carbonyl (C=O) groups excluding carboxylic acids is 1. The lowest BCUT2D eigenvalue weighted by molar-refractivity contribution is -0.127. The molecule has 1 saturated heterocycles. The molecular formula is C13H18N2O2S. The highest BCUT2D eigenvalue weighted by atomic mass is 32.2. The zero-order valence-electron chi connectivity index (χ0n) is 10.7. The molecule has 1 atom stereocenters. The minimum absolute atomic E-state index is 0.0687. The van der Waals surface area contributed by atoms with Gasteiger partial charge in [-0.25, -0.2) is 0 Å². The molecule has 18 heavy (non-hydrogen) atoms. The lowest BCUT2D eigenvalue weighted by atomic mass is 10.1. The molecule has 1 aromatic rings. The molecule has 2 rings (SSSR count). The van der Waals surface area contributed by atoms with Crippen LogP contribution < -0.4 is 10.1 Å². The second kappa shape index (κ2) is 6.11. The van der Waals surface area contributed by atoms with E-state index in [9.17, 15) is 4.79 Å². The maximum Gasteiger partial charge on any atom is 0.238 e. The molecule has 1 aromatic carbocycles. The largest absolute Gasteiger partial charge is 0.496 e. The van der Waals surface area contributed by atoms with Crippen molar-refractivity contribution < 1.29 is 9.53 Å². The Labute approximate surface area is 112 Å². The van der Waals surface area contributed by atoms with Gasteiger partial charge in [0.25, 0.3) is 0 Å². The summed E-state index contributed by atoms with van der Waals surface area (Å²) in [4.78, 5) is 13.8. The van der Waals surface area contributed by atoms with Crippen LogP contribution in [-0.2, 0) is 4.79 Å². The monoisotopic (exact) mass is 266 g/mol. The van der Waals surface area contributed by atoms with Gasteiger partial charge in [-0.15, -0.1) is 0 Å². The van der Waals surface area contributed by atoms with Gasteiger partial charge in [0.05, 0.1) is 13.7 Å².